The smallest absolute Gasteiger partial charge is 0.343 e. The fraction of sp³-hybridized carbons (Fsp3) is 0.130. The summed E-state index contributed by atoms with van der Waals surface area (Å²) in [5.41, 5.74) is 1.37. The number of hydrogen-bond donors (Lipinski definition) is 0. The molecule has 0 N–H and O–H groups in total. The topological polar surface area (TPSA) is 66.9 Å². The number of ether oxygens (including phenoxy) is 4. The zero-order chi connectivity index (χ0) is 22.4. The summed E-state index contributed by atoms with van der Waals surface area (Å²) in [5.74, 6) is 1.29. The van der Waals surface area contributed by atoms with Gasteiger partial charge in [0.1, 0.15) is 11.5 Å². The number of aromatic nitrogens is 1. The molecule has 3 rings (SSSR count). The van der Waals surface area contributed by atoms with Gasteiger partial charge in [0.25, 0.3) is 0 Å². The van der Waals surface area contributed by atoms with E-state index in [0.717, 1.165) is 0 Å². The van der Waals surface area contributed by atoms with Gasteiger partial charge >= 0.3 is 5.97 Å². The van der Waals surface area contributed by atoms with E-state index in [1.807, 2.05) is 0 Å². The average Bonchev–Trinajstić information content (AvgIpc) is 2.80. The van der Waals surface area contributed by atoms with Gasteiger partial charge in [-0.3, -0.25) is 4.98 Å². The fourth-order valence-corrected chi connectivity index (χ4v) is 3.21. The largest absolute Gasteiger partial charge is 0.497 e. The van der Waals surface area contributed by atoms with E-state index in [4.69, 9.17) is 42.1 Å². The number of rotatable bonds is 7. The first-order chi connectivity index (χ1) is 15.0. The number of pyridine rings is 1. The van der Waals surface area contributed by atoms with Crippen molar-refractivity contribution in [3.8, 4) is 17.2 Å². The summed E-state index contributed by atoms with van der Waals surface area (Å²) in [4.78, 5) is 16.8. The monoisotopic (exact) mass is 459 g/mol. The van der Waals surface area contributed by atoms with E-state index >= 15 is 0 Å². The number of hydrogen-bond acceptors (Lipinski definition) is 6. The molecule has 0 aliphatic heterocycles. The maximum Gasteiger partial charge on any atom is 0.343 e. The number of methoxy groups -OCH3 is 3. The average molecular weight is 460 g/mol. The summed E-state index contributed by atoms with van der Waals surface area (Å²) >= 11 is 12.5. The molecule has 31 heavy (non-hydrogen) atoms. The summed E-state index contributed by atoms with van der Waals surface area (Å²) in [6, 6.07) is 11.7. The predicted octanol–water partition coefficient (Wildman–Crippen LogP) is 5.77. The predicted molar refractivity (Wildman–Crippen MR) is 120 cm³/mol. The summed E-state index contributed by atoms with van der Waals surface area (Å²) in [5, 5.41) is 0.622. The molecule has 0 atom stereocenters. The number of nitrogens with zero attached hydrogens (tertiary/aromatic N) is 1. The van der Waals surface area contributed by atoms with Crippen molar-refractivity contribution in [3.05, 3.63) is 81.6 Å². The first kappa shape index (κ1) is 22.5. The molecule has 3 aromatic rings. The van der Waals surface area contributed by atoms with Crippen LogP contribution in [0, 0.1) is 0 Å². The van der Waals surface area contributed by atoms with Crippen LogP contribution < -0.4 is 14.2 Å². The van der Waals surface area contributed by atoms with Crippen molar-refractivity contribution in [3.63, 3.8) is 0 Å². The van der Waals surface area contributed by atoms with Crippen LogP contribution in [0.1, 0.15) is 21.5 Å². The fourth-order valence-electron chi connectivity index (χ4n) is 2.74. The van der Waals surface area contributed by atoms with Crippen LogP contribution in [0.3, 0.4) is 0 Å². The lowest BCUT2D eigenvalue weighted by Gasteiger charge is -2.14. The highest BCUT2D eigenvalue weighted by molar-refractivity contribution is 6.37. The molecule has 0 radical (unpaired) electrons. The molecular weight excluding hydrogens is 441 g/mol. The molecule has 0 fully saturated rings. The van der Waals surface area contributed by atoms with E-state index in [9.17, 15) is 4.79 Å². The number of halogens is 2. The summed E-state index contributed by atoms with van der Waals surface area (Å²) < 4.78 is 21.5. The Hall–Kier alpha value is -3.22. The van der Waals surface area contributed by atoms with Gasteiger partial charge in [-0.1, -0.05) is 23.2 Å². The third-order valence-electron chi connectivity index (χ3n) is 4.36. The second-order valence-electron chi connectivity index (χ2n) is 6.21. The van der Waals surface area contributed by atoms with E-state index < -0.39 is 5.97 Å². The summed E-state index contributed by atoms with van der Waals surface area (Å²) in [6.07, 6.45) is 4.49. The van der Waals surface area contributed by atoms with Crippen LogP contribution in [-0.4, -0.2) is 32.3 Å². The van der Waals surface area contributed by atoms with Crippen LogP contribution in [0.2, 0.25) is 10.0 Å². The molecular formula is C23H19Cl2NO5. The van der Waals surface area contributed by atoms with Crippen molar-refractivity contribution in [1.82, 2.24) is 4.98 Å². The lowest BCUT2D eigenvalue weighted by molar-refractivity contribution is 0.0693. The Bertz CT molecular complexity index is 1090. The van der Waals surface area contributed by atoms with Gasteiger partial charge < -0.3 is 18.9 Å². The van der Waals surface area contributed by atoms with Crippen LogP contribution in [0.5, 0.6) is 17.2 Å². The Balaban J connectivity index is 2.06. The first-order valence-corrected chi connectivity index (χ1v) is 9.81. The molecule has 160 valence electrons. The van der Waals surface area contributed by atoms with Gasteiger partial charge in [-0.25, -0.2) is 4.79 Å². The van der Waals surface area contributed by atoms with Gasteiger partial charge in [-0.05, 0) is 48.5 Å². The highest BCUT2D eigenvalue weighted by atomic mass is 35.5. The minimum Gasteiger partial charge on any atom is -0.497 e. The molecule has 6 nitrogen and oxygen atoms in total. The zero-order valence-electron chi connectivity index (χ0n) is 17.0. The Labute approximate surface area is 189 Å². The van der Waals surface area contributed by atoms with Gasteiger partial charge in [0.05, 0.1) is 36.9 Å². The Morgan fingerprint density at radius 3 is 2.03 bits per heavy atom. The quantitative estimate of drug-likeness (QED) is 0.330. The van der Waals surface area contributed by atoms with Crippen molar-refractivity contribution < 1.29 is 23.7 Å². The minimum absolute atomic E-state index is 0.219. The van der Waals surface area contributed by atoms with E-state index in [0.29, 0.717) is 44.0 Å². The normalized spacial score (nSPS) is 11.1. The summed E-state index contributed by atoms with van der Waals surface area (Å²) in [7, 11) is 4.60. The number of esters is 1. The zero-order valence-corrected chi connectivity index (χ0v) is 18.5. The molecule has 0 spiro atoms. The number of carbonyl (C=O) groups excluding carboxylic acids is 1. The van der Waals surface area contributed by atoms with Crippen molar-refractivity contribution >= 4 is 41.0 Å². The molecule has 0 aliphatic carbocycles. The van der Waals surface area contributed by atoms with Crippen LogP contribution in [-0.2, 0) is 4.74 Å². The maximum atomic E-state index is 12.8. The minimum atomic E-state index is -0.565. The summed E-state index contributed by atoms with van der Waals surface area (Å²) in [6.45, 7) is 0. The molecule has 0 saturated carbocycles. The molecule has 0 aliphatic rings. The van der Waals surface area contributed by atoms with Crippen molar-refractivity contribution in [2.24, 2.45) is 0 Å². The van der Waals surface area contributed by atoms with Gasteiger partial charge in [0, 0.05) is 23.5 Å². The Kier molecular flexibility index (Phi) is 7.39. The molecule has 0 saturated heterocycles. The molecule has 1 aromatic heterocycles. The molecule has 0 amide bonds. The van der Waals surface area contributed by atoms with Crippen LogP contribution >= 0.6 is 23.2 Å². The highest BCUT2D eigenvalue weighted by Crippen LogP contribution is 2.34. The SMILES string of the molecule is COc1ccc(C(=O)OC(=Cc2c(Cl)cncc2Cl)c2ccc(OC)c(OC)c2)cc1. The van der Waals surface area contributed by atoms with Crippen molar-refractivity contribution in [2.45, 2.75) is 0 Å². The van der Waals surface area contributed by atoms with Crippen molar-refractivity contribution in [2.75, 3.05) is 21.3 Å². The third kappa shape index (κ3) is 5.29. The number of benzene rings is 2. The van der Waals surface area contributed by atoms with Crippen LogP contribution in [0.25, 0.3) is 11.8 Å². The van der Waals surface area contributed by atoms with Gasteiger partial charge in [0.2, 0.25) is 0 Å². The standard InChI is InChI=1S/C23H19Cl2NO5/c1-28-16-7-4-14(5-8-16)23(27)31-21(11-17-18(24)12-26-13-19(17)25)15-6-9-20(29-2)22(10-15)30-3/h4-13H,1-3H3. The second-order valence-corrected chi connectivity index (χ2v) is 7.03. The molecule has 0 unspecified atom stereocenters. The van der Waals surface area contributed by atoms with E-state index in [1.54, 1.807) is 55.7 Å². The Morgan fingerprint density at radius 1 is 0.839 bits per heavy atom. The van der Waals surface area contributed by atoms with E-state index in [1.165, 1.54) is 26.6 Å². The Morgan fingerprint density at radius 2 is 1.45 bits per heavy atom. The van der Waals surface area contributed by atoms with Crippen molar-refractivity contribution in [1.29, 1.82) is 0 Å². The first-order valence-electron chi connectivity index (χ1n) is 9.06. The van der Waals surface area contributed by atoms with E-state index in [2.05, 4.69) is 4.98 Å². The lowest BCUT2D eigenvalue weighted by atomic mass is 10.1. The lowest BCUT2D eigenvalue weighted by Crippen LogP contribution is -2.05. The molecule has 8 heteroatoms. The van der Waals surface area contributed by atoms with Crippen LogP contribution in [0.15, 0.2) is 54.9 Å². The van der Waals surface area contributed by atoms with Gasteiger partial charge in [0.15, 0.2) is 11.5 Å². The molecule has 1 heterocycles. The number of carbonyl (C=O) groups is 1. The van der Waals surface area contributed by atoms with Crippen LogP contribution in [0.4, 0.5) is 0 Å². The molecule has 0 bridgehead atoms. The molecule has 2 aromatic carbocycles. The van der Waals surface area contributed by atoms with Gasteiger partial charge in [-0.2, -0.15) is 0 Å². The maximum absolute atomic E-state index is 12.8. The third-order valence-corrected chi connectivity index (χ3v) is 4.96. The second kappa shape index (κ2) is 10.2. The van der Waals surface area contributed by atoms with E-state index in [-0.39, 0.29) is 5.76 Å². The highest BCUT2D eigenvalue weighted by Gasteiger charge is 2.17. The van der Waals surface area contributed by atoms with Gasteiger partial charge in [-0.15, -0.1) is 0 Å².